The summed E-state index contributed by atoms with van der Waals surface area (Å²) in [4.78, 5) is 17.9. The van der Waals surface area contributed by atoms with Crippen LogP contribution < -0.4 is 9.64 Å². The molecule has 0 amide bonds. The molecule has 238 valence electrons. The maximum atomic E-state index is 17.0. The average molecular weight is 622 g/mol. The van der Waals surface area contributed by atoms with Crippen LogP contribution >= 0.6 is 0 Å². The number of ether oxygens (including phenoxy) is 1. The predicted molar refractivity (Wildman–Crippen MR) is 165 cm³/mol. The molecule has 3 aliphatic heterocycles. The maximum absolute atomic E-state index is 17.0. The molecule has 0 unspecified atom stereocenters. The molecule has 3 aromatic heterocycles. The Kier molecular flexibility index (Phi) is 6.76. The number of β-amino-alcohol motifs (C(OH)–C–C–N with tert-alkyl or cyclic N) is 1. The second kappa shape index (κ2) is 10.5. The SMILES string of the molecule is Cc1cc2[nH]ncc2c(-c2ncc3c(N4CCC[C@](O)(CF)C4)nc(OC[C@@]45CCCN4C[C@H](F)C5)nc3c2F)c1[C@H]1C[C@H]1C. The number of pyridine rings is 1. The van der Waals surface area contributed by atoms with Crippen molar-refractivity contribution in [1.29, 1.82) is 0 Å². The Morgan fingerprint density at radius 2 is 1.98 bits per heavy atom. The molecule has 0 bridgehead atoms. The first kappa shape index (κ1) is 28.9. The lowest BCUT2D eigenvalue weighted by atomic mass is 9.91. The Morgan fingerprint density at radius 3 is 2.78 bits per heavy atom. The number of benzene rings is 1. The van der Waals surface area contributed by atoms with Crippen molar-refractivity contribution < 1.29 is 23.0 Å². The molecule has 1 aliphatic carbocycles. The summed E-state index contributed by atoms with van der Waals surface area (Å²) in [5, 5.41) is 19.3. The van der Waals surface area contributed by atoms with Crippen molar-refractivity contribution in [3.63, 3.8) is 0 Å². The lowest BCUT2D eigenvalue weighted by Gasteiger charge is -2.38. The van der Waals surface area contributed by atoms with Crippen molar-refractivity contribution in [2.45, 2.75) is 75.6 Å². The van der Waals surface area contributed by atoms with E-state index < -0.39 is 29.8 Å². The number of aromatic nitrogens is 5. The quantitative estimate of drug-likeness (QED) is 0.283. The Morgan fingerprint density at radius 1 is 1.16 bits per heavy atom. The monoisotopic (exact) mass is 621 g/mol. The van der Waals surface area contributed by atoms with E-state index in [0.29, 0.717) is 61.0 Å². The highest BCUT2D eigenvalue weighted by Gasteiger charge is 2.49. The van der Waals surface area contributed by atoms with E-state index in [1.54, 1.807) is 17.3 Å². The summed E-state index contributed by atoms with van der Waals surface area (Å²) in [6.07, 6.45) is 6.39. The van der Waals surface area contributed by atoms with Crippen LogP contribution in [0.5, 0.6) is 6.01 Å². The highest BCUT2D eigenvalue weighted by molar-refractivity contribution is 6.00. The molecule has 4 aliphatic rings. The van der Waals surface area contributed by atoms with Crippen LogP contribution in [0.4, 0.5) is 19.0 Å². The highest BCUT2D eigenvalue weighted by Crippen LogP contribution is 2.53. The van der Waals surface area contributed by atoms with Crippen molar-refractivity contribution in [2.24, 2.45) is 5.92 Å². The smallest absolute Gasteiger partial charge is 0.319 e. The molecule has 1 saturated carbocycles. The van der Waals surface area contributed by atoms with Gasteiger partial charge >= 0.3 is 6.01 Å². The van der Waals surface area contributed by atoms with Gasteiger partial charge in [-0.25, -0.2) is 13.2 Å². The molecular formula is C33H38F3N7O2. The van der Waals surface area contributed by atoms with E-state index in [9.17, 15) is 13.9 Å². The average Bonchev–Trinajstić information content (AvgIpc) is 3.31. The third-order valence-electron chi connectivity index (χ3n) is 10.7. The number of hydrogen-bond donors (Lipinski definition) is 2. The summed E-state index contributed by atoms with van der Waals surface area (Å²) in [6.45, 7) is 5.20. The van der Waals surface area contributed by atoms with Crippen molar-refractivity contribution in [1.82, 2.24) is 30.0 Å². The van der Waals surface area contributed by atoms with Crippen LogP contribution in [-0.4, -0.2) is 91.9 Å². The highest BCUT2D eigenvalue weighted by atomic mass is 19.1. The van der Waals surface area contributed by atoms with E-state index >= 15 is 4.39 Å². The van der Waals surface area contributed by atoms with Gasteiger partial charge in [-0.1, -0.05) is 6.92 Å². The number of piperidine rings is 1. The van der Waals surface area contributed by atoms with Gasteiger partial charge in [-0.3, -0.25) is 15.0 Å². The van der Waals surface area contributed by atoms with Gasteiger partial charge in [-0.15, -0.1) is 0 Å². The molecule has 5 atom stereocenters. The van der Waals surface area contributed by atoms with Gasteiger partial charge in [-0.05, 0) is 74.6 Å². The third kappa shape index (κ3) is 4.74. The molecule has 4 fully saturated rings. The Labute approximate surface area is 259 Å². The topological polar surface area (TPSA) is 103 Å². The van der Waals surface area contributed by atoms with E-state index in [1.807, 2.05) is 6.92 Å². The van der Waals surface area contributed by atoms with Gasteiger partial charge in [-0.2, -0.15) is 15.1 Å². The number of anilines is 1. The minimum Gasteiger partial charge on any atom is -0.461 e. The molecular weight excluding hydrogens is 583 g/mol. The van der Waals surface area contributed by atoms with Crippen molar-refractivity contribution >= 4 is 27.6 Å². The van der Waals surface area contributed by atoms with Gasteiger partial charge in [0.1, 0.15) is 42.1 Å². The fourth-order valence-electron chi connectivity index (χ4n) is 8.25. The van der Waals surface area contributed by atoms with Gasteiger partial charge in [0.2, 0.25) is 0 Å². The summed E-state index contributed by atoms with van der Waals surface area (Å²) < 4.78 is 51.6. The summed E-state index contributed by atoms with van der Waals surface area (Å²) in [6, 6.07) is 2.02. The van der Waals surface area contributed by atoms with Crippen LogP contribution in [0.3, 0.4) is 0 Å². The van der Waals surface area contributed by atoms with Gasteiger partial charge < -0.3 is 14.7 Å². The van der Waals surface area contributed by atoms with E-state index in [4.69, 9.17) is 14.7 Å². The third-order valence-corrected chi connectivity index (χ3v) is 10.7. The van der Waals surface area contributed by atoms with Crippen LogP contribution in [0, 0.1) is 18.7 Å². The minimum absolute atomic E-state index is 0.00307. The Hall–Kier alpha value is -3.51. The van der Waals surface area contributed by atoms with Gasteiger partial charge in [0.15, 0.2) is 5.82 Å². The first-order valence-corrected chi connectivity index (χ1v) is 16.1. The van der Waals surface area contributed by atoms with E-state index in [1.165, 1.54) is 0 Å². The molecule has 8 rings (SSSR count). The molecule has 6 heterocycles. The summed E-state index contributed by atoms with van der Waals surface area (Å²) >= 11 is 0. The first-order chi connectivity index (χ1) is 21.7. The zero-order chi connectivity index (χ0) is 31.1. The van der Waals surface area contributed by atoms with Crippen LogP contribution in [0.1, 0.15) is 62.5 Å². The number of nitrogens with zero attached hydrogens (tertiary/aromatic N) is 6. The molecule has 1 aromatic carbocycles. The second-order valence-corrected chi connectivity index (χ2v) is 13.9. The molecule has 9 nitrogen and oxygen atoms in total. The number of aromatic amines is 1. The number of aliphatic hydroxyl groups is 1. The summed E-state index contributed by atoms with van der Waals surface area (Å²) in [7, 11) is 0. The molecule has 0 radical (unpaired) electrons. The van der Waals surface area contributed by atoms with Crippen LogP contribution in [0.15, 0.2) is 18.5 Å². The molecule has 45 heavy (non-hydrogen) atoms. The van der Waals surface area contributed by atoms with Crippen molar-refractivity contribution in [3.8, 4) is 17.3 Å². The van der Waals surface area contributed by atoms with Crippen LogP contribution in [0.2, 0.25) is 0 Å². The zero-order valence-electron chi connectivity index (χ0n) is 25.6. The number of fused-ring (bicyclic) bond motifs is 3. The Bertz CT molecular complexity index is 1800. The fraction of sp³-hybridized carbons (Fsp3) is 0.576. The predicted octanol–water partition coefficient (Wildman–Crippen LogP) is 5.40. The lowest BCUT2D eigenvalue weighted by Crippen LogP contribution is -2.50. The fourth-order valence-corrected chi connectivity index (χ4v) is 8.25. The lowest BCUT2D eigenvalue weighted by molar-refractivity contribution is 0.00302. The molecule has 0 spiro atoms. The number of H-pyrrole nitrogens is 1. The number of halogens is 3. The molecule has 12 heteroatoms. The molecule has 3 saturated heterocycles. The van der Waals surface area contributed by atoms with Crippen molar-refractivity contribution in [2.75, 3.05) is 44.4 Å². The zero-order valence-corrected chi connectivity index (χ0v) is 25.6. The van der Waals surface area contributed by atoms with Crippen LogP contribution in [-0.2, 0) is 0 Å². The number of hydrogen-bond acceptors (Lipinski definition) is 8. The number of aryl methyl sites for hydroxylation is 1. The van der Waals surface area contributed by atoms with Gasteiger partial charge in [0.05, 0.1) is 29.2 Å². The molecule has 2 N–H and O–H groups in total. The van der Waals surface area contributed by atoms with E-state index in [2.05, 4.69) is 33.1 Å². The van der Waals surface area contributed by atoms with Crippen molar-refractivity contribution in [3.05, 3.63) is 35.4 Å². The second-order valence-electron chi connectivity index (χ2n) is 13.9. The molecule has 4 aromatic rings. The number of nitrogens with one attached hydrogen (secondary N) is 1. The maximum Gasteiger partial charge on any atom is 0.319 e. The van der Waals surface area contributed by atoms with Gasteiger partial charge in [0, 0.05) is 36.7 Å². The normalized spacial score (nSPS) is 30.0. The van der Waals surface area contributed by atoms with Crippen LogP contribution in [0.25, 0.3) is 33.1 Å². The summed E-state index contributed by atoms with van der Waals surface area (Å²) in [5.74, 6) is 0.504. The van der Waals surface area contributed by atoms with E-state index in [0.717, 1.165) is 47.8 Å². The summed E-state index contributed by atoms with van der Waals surface area (Å²) in [5.41, 5.74) is 1.87. The van der Waals surface area contributed by atoms with Gasteiger partial charge in [0.25, 0.3) is 0 Å². The number of rotatable bonds is 7. The standard InChI is InChI=1S/C33H38F3N7O2/c1-18-9-21(18)25-19(2)10-24-22(13-38-41-24)26(25)29-27(36)28-23(12-37-29)30(42-7-4-6-33(44,15-34)16-42)40-31(39-28)45-17-32-5-3-8-43(32)14-20(35)11-32/h10,12-13,18,20-21,44H,3-9,11,14-17H2,1-2H3,(H,38,41)/t18-,20-,21+,32+,33+/m1/s1. The largest absolute Gasteiger partial charge is 0.461 e. The van der Waals surface area contributed by atoms with E-state index in [-0.39, 0.29) is 30.4 Å². The minimum atomic E-state index is -1.53. The number of alkyl halides is 2. The first-order valence-electron chi connectivity index (χ1n) is 16.1. The Balaban J connectivity index is 1.27.